The second kappa shape index (κ2) is 6.34. The highest BCUT2D eigenvalue weighted by Gasteiger charge is 2.19. The summed E-state index contributed by atoms with van der Waals surface area (Å²) in [6.07, 6.45) is 1.44. The van der Waals surface area contributed by atoms with Gasteiger partial charge in [0.05, 0.1) is 0 Å². The summed E-state index contributed by atoms with van der Waals surface area (Å²) in [6, 6.07) is 8.66. The largest absolute Gasteiger partial charge is 0.280 e. The Hall–Kier alpha value is -1.11. The molecule has 0 saturated carbocycles. The summed E-state index contributed by atoms with van der Waals surface area (Å²) in [6.45, 7) is 4.15. The number of aromatic nitrogens is 1. The van der Waals surface area contributed by atoms with Crippen molar-refractivity contribution in [3.8, 4) is 0 Å². The fourth-order valence-corrected chi connectivity index (χ4v) is 3.74. The lowest BCUT2D eigenvalue weighted by Gasteiger charge is -2.11. The van der Waals surface area contributed by atoms with Gasteiger partial charge in [0.1, 0.15) is 10.0 Å². The minimum Gasteiger partial charge on any atom is -0.280 e. The third-order valence-electron chi connectivity index (χ3n) is 2.89. The number of halogens is 2. The molecular weight excluding hydrogens is 376 g/mol. The summed E-state index contributed by atoms with van der Waals surface area (Å²) in [5, 5.41) is -0.0653. The molecule has 0 aliphatic rings. The van der Waals surface area contributed by atoms with Crippen LogP contribution in [-0.2, 0) is 10.0 Å². The first kappa shape index (κ1) is 16.3. The Bertz CT molecular complexity index is 746. The van der Waals surface area contributed by atoms with E-state index in [0.29, 0.717) is 16.1 Å². The molecule has 0 fully saturated rings. The van der Waals surface area contributed by atoms with Crippen LogP contribution in [0.2, 0.25) is 5.15 Å². The van der Waals surface area contributed by atoms with E-state index >= 15 is 0 Å². The Morgan fingerprint density at radius 3 is 2.43 bits per heavy atom. The molecule has 4 nitrogen and oxygen atoms in total. The first-order chi connectivity index (χ1) is 9.79. The Morgan fingerprint density at radius 1 is 1.24 bits per heavy atom. The Morgan fingerprint density at radius 2 is 1.86 bits per heavy atom. The van der Waals surface area contributed by atoms with Gasteiger partial charge in [-0.05, 0) is 45.6 Å². The van der Waals surface area contributed by atoms with Gasteiger partial charge in [0.25, 0.3) is 10.0 Å². The van der Waals surface area contributed by atoms with Gasteiger partial charge >= 0.3 is 0 Å². The summed E-state index contributed by atoms with van der Waals surface area (Å²) in [5.74, 6) is 0.388. The van der Waals surface area contributed by atoms with E-state index < -0.39 is 10.0 Å². The highest BCUT2D eigenvalue weighted by molar-refractivity contribution is 9.10. The van der Waals surface area contributed by atoms with Gasteiger partial charge in [-0.3, -0.25) is 4.72 Å². The third-order valence-corrected chi connectivity index (χ3v) is 5.13. The summed E-state index contributed by atoms with van der Waals surface area (Å²) >= 11 is 9.05. The maximum Gasteiger partial charge on any atom is 0.265 e. The standard InChI is InChI=1S/C14H14BrClN2O2S/c1-9(2)10-3-5-12(6-4-10)18-21(19,20)13-7-11(15)8-17-14(13)16/h3-9,18H,1-2H3. The number of hydrogen-bond donors (Lipinski definition) is 1. The molecule has 21 heavy (non-hydrogen) atoms. The fourth-order valence-electron chi connectivity index (χ4n) is 1.74. The van der Waals surface area contributed by atoms with Gasteiger partial charge in [0, 0.05) is 16.4 Å². The van der Waals surface area contributed by atoms with Crippen LogP contribution in [0, 0.1) is 0 Å². The van der Waals surface area contributed by atoms with E-state index in [0.717, 1.165) is 5.56 Å². The van der Waals surface area contributed by atoms with Crippen molar-refractivity contribution in [1.82, 2.24) is 4.98 Å². The number of anilines is 1. The number of benzene rings is 1. The number of pyridine rings is 1. The van der Waals surface area contributed by atoms with Crippen LogP contribution < -0.4 is 4.72 Å². The number of hydrogen-bond acceptors (Lipinski definition) is 3. The lowest BCUT2D eigenvalue weighted by Crippen LogP contribution is -2.14. The molecular formula is C14H14BrClN2O2S. The molecule has 0 aliphatic heterocycles. The second-order valence-corrected chi connectivity index (χ2v) is 7.75. The van der Waals surface area contributed by atoms with Gasteiger partial charge in [-0.1, -0.05) is 37.6 Å². The van der Waals surface area contributed by atoms with Crippen LogP contribution in [0.25, 0.3) is 0 Å². The lowest BCUT2D eigenvalue weighted by atomic mass is 10.0. The van der Waals surface area contributed by atoms with Gasteiger partial charge in [0.2, 0.25) is 0 Å². The van der Waals surface area contributed by atoms with E-state index in [-0.39, 0.29) is 10.0 Å². The molecule has 0 aliphatic carbocycles. The van der Waals surface area contributed by atoms with Gasteiger partial charge in [-0.2, -0.15) is 0 Å². The number of sulfonamides is 1. The molecule has 1 N–H and O–H groups in total. The van der Waals surface area contributed by atoms with Crippen molar-refractivity contribution < 1.29 is 8.42 Å². The zero-order valence-corrected chi connectivity index (χ0v) is 14.6. The van der Waals surface area contributed by atoms with Crippen LogP contribution in [-0.4, -0.2) is 13.4 Å². The maximum absolute atomic E-state index is 12.3. The summed E-state index contributed by atoms with van der Waals surface area (Å²) < 4.78 is 27.7. The minimum atomic E-state index is -3.77. The molecule has 7 heteroatoms. The third kappa shape index (κ3) is 3.96. The van der Waals surface area contributed by atoms with Gasteiger partial charge in [0.15, 0.2) is 0 Å². The average Bonchev–Trinajstić information content (AvgIpc) is 2.41. The molecule has 0 bridgehead atoms. The topological polar surface area (TPSA) is 59.1 Å². The average molecular weight is 390 g/mol. The van der Waals surface area contributed by atoms with Gasteiger partial charge in [-0.15, -0.1) is 0 Å². The maximum atomic E-state index is 12.3. The molecule has 1 aromatic heterocycles. The van der Waals surface area contributed by atoms with E-state index in [1.54, 1.807) is 12.1 Å². The van der Waals surface area contributed by atoms with Crippen LogP contribution in [0.15, 0.2) is 45.9 Å². The van der Waals surface area contributed by atoms with Gasteiger partial charge in [-0.25, -0.2) is 13.4 Å². The summed E-state index contributed by atoms with van der Waals surface area (Å²) in [5.41, 5.74) is 1.62. The zero-order chi connectivity index (χ0) is 15.6. The minimum absolute atomic E-state index is 0.0634. The normalized spacial score (nSPS) is 11.7. The van der Waals surface area contributed by atoms with Crippen molar-refractivity contribution in [3.05, 3.63) is 51.7 Å². The van der Waals surface area contributed by atoms with Crippen LogP contribution in [0.5, 0.6) is 0 Å². The number of nitrogens with zero attached hydrogens (tertiary/aromatic N) is 1. The highest BCUT2D eigenvalue weighted by atomic mass is 79.9. The van der Waals surface area contributed by atoms with E-state index in [4.69, 9.17) is 11.6 Å². The number of rotatable bonds is 4. The Kier molecular flexibility index (Phi) is 4.91. The van der Waals surface area contributed by atoms with Gasteiger partial charge < -0.3 is 0 Å². The summed E-state index contributed by atoms with van der Waals surface area (Å²) in [4.78, 5) is 3.76. The van der Waals surface area contributed by atoms with Crippen molar-refractivity contribution in [2.75, 3.05) is 4.72 Å². The monoisotopic (exact) mass is 388 g/mol. The van der Waals surface area contributed by atoms with Crippen LogP contribution in [0.4, 0.5) is 5.69 Å². The molecule has 0 radical (unpaired) electrons. The molecule has 1 aromatic carbocycles. The SMILES string of the molecule is CC(C)c1ccc(NS(=O)(=O)c2cc(Br)cnc2Cl)cc1. The van der Waals surface area contributed by atoms with Crippen molar-refractivity contribution in [2.45, 2.75) is 24.7 Å². The van der Waals surface area contributed by atoms with E-state index in [2.05, 4.69) is 39.5 Å². The predicted molar refractivity (Wildman–Crippen MR) is 88.3 cm³/mol. The molecule has 2 aromatic rings. The van der Waals surface area contributed by atoms with Crippen LogP contribution in [0.3, 0.4) is 0 Å². The molecule has 112 valence electrons. The van der Waals surface area contributed by atoms with Crippen molar-refractivity contribution >= 4 is 43.2 Å². The smallest absolute Gasteiger partial charge is 0.265 e. The first-order valence-electron chi connectivity index (χ1n) is 6.23. The summed E-state index contributed by atoms with van der Waals surface area (Å²) in [7, 11) is -3.77. The van der Waals surface area contributed by atoms with Crippen molar-refractivity contribution in [3.63, 3.8) is 0 Å². The Labute approximate surface area is 137 Å². The quantitative estimate of drug-likeness (QED) is 0.787. The van der Waals surface area contributed by atoms with Crippen molar-refractivity contribution in [1.29, 1.82) is 0 Å². The van der Waals surface area contributed by atoms with Crippen LogP contribution in [0.1, 0.15) is 25.3 Å². The Balaban J connectivity index is 2.31. The molecule has 0 unspecified atom stereocenters. The van der Waals surface area contributed by atoms with Crippen molar-refractivity contribution in [2.24, 2.45) is 0 Å². The molecule has 0 atom stereocenters. The zero-order valence-electron chi connectivity index (χ0n) is 11.5. The number of nitrogens with one attached hydrogen (secondary N) is 1. The van der Waals surface area contributed by atoms with Crippen LogP contribution >= 0.6 is 27.5 Å². The molecule has 0 saturated heterocycles. The first-order valence-corrected chi connectivity index (χ1v) is 8.89. The van der Waals surface area contributed by atoms with E-state index in [9.17, 15) is 8.42 Å². The lowest BCUT2D eigenvalue weighted by molar-refractivity contribution is 0.601. The highest BCUT2D eigenvalue weighted by Crippen LogP contribution is 2.25. The predicted octanol–water partition coefficient (Wildman–Crippen LogP) is 4.42. The van der Waals surface area contributed by atoms with E-state index in [1.165, 1.54) is 12.3 Å². The molecule has 0 amide bonds. The molecule has 0 spiro atoms. The van der Waals surface area contributed by atoms with E-state index in [1.807, 2.05) is 12.1 Å². The second-order valence-electron chi connectivity index (χ2n) is 4.82. The molecule has 2 rings (SSSR count). The molecule has 1 heterocycles. The fraction of sp³-hybridized carbons (Fsp3) is 0.214.